The first-order valence-corrected chi connectivity index (χ1v) is 11.4. The Morgan fingerprint density at radius 1 is 1.22 bits per heavy atom. The Kier molecular flexibility index (Phi) is 7.90. The van der Waals surface area contributed by atoms with Crippen LogP contribution < -0.4 is 14.8 Å². The number of ether oxygens (including phenoxy) is 3. The zero-order valence-electron chi connectivity index (χ0n) is 18.4. The number of aryl methyl sites for hydroxylation is 1. The Morgan fingerprint density at radius 3 is 2.69 bits per heavy atom. The van der Waals surface area contributed by atoms with Crippen molar-refractivity contribution in [2.24, 2.45) is 0 Å². The molecule has 3 rings (SSSR count). The molecule has 32 heavy (non-hydrogen) atoms. The summed E-state index contributed by atoms with van der Waals surface area (Å²) in [5.74, 6) is -0.0799. The van der Waals surface area contributed by atoms with E-state index in [9.17, 15) is 14.9 Å². The second-order valence-electron chi connectivity index (χ2n) is 7.07. The fraction of sp³-hybridized carbons (Fsp3) is 0.375. The van der Waals surface area contributed by atoms with Gasteiger partial charge >= 0.3 is 5.97 Å². The number of hydrogen-bond acceptors (Lipinski definition) is 7. The van der Waals surface area contributed by atoms with Crippen LogP contribution in [0.2, 0.25) is 0 Å². The molecule has 168 valence electrons. The standard InChI is InChI=1S/C24H26N2O5S/c1-4-30-21-15(9-8-11-18(21)29-3)13-16(14-25)22(27)26-23-20(24(28)31-5-2)17-10-6-7-12-19(17)32-23/h8-9,11,13H,4-7,10,12H2,1-3H3,(H,26,27)/b16-13+. The molecular weight excluding hydrogens is 428 g/mol. The summed E-state index contributed by atoms with van der Waals surface area (Å²) in [5, 5.41) is 12.9. The lowest BCUT2D eigenvalue weighted by Crippen LogP contribution is -2.16. The van der Waals surface area contributed by atoms with Gasteiger partial charge in [0.25, 0.3) is 5.91 Å². The van der Waals surface area contributed by atoms with Crippen LogP contribution in [0.15, 0.2) is 23.8 Å². The Bertz CT molecular complexity index is 1080. The van der Waals surface area contributed by atoms with Crippen molar-refractivity contribution >= 4 is 34.3 Å². The average Bonchev–Trinajstić information content (AvgIpc) is 3.16. The zero-order valence-corrected chi connectivity index (χ0v) is 19.3. The molecule has 1 aromatic heterocycles. The van der Waals surface area contributed by atoms with Gasteiger partial charge in [-0.1, -0.05) is 12.1 Å². The van der Waals surface area contributed by atoms with Gasteiger partial charge in [0, 0.05) is 10.4 Å². The largest absolute Gasteiger partial charge is 0.493 e. The maximum atomic E-state index is 13.0. The van der Waals surface area contributed by atoms with Gasteiger partial charge in [-0.15, -0.1) is 11.3 Å². The molecule has 0 bridgehead atoms. The molecule has 7 nitrogen and oxygen atoms in total. The normalized spacial score (nSPS) is 13.0. The van der Waals surface area contributed by atoms with Gasteiger partial charge in [-0.05, 0) is 57.2 Å². The second-order valence-corrected chi connectivity index (χ2v) is 8.18. The first-order valence-electron chi connectivity index (χ1n) is 10.6. The third kappa shape index (κ3) is 4.94. The molecule has 1 aliphatic rings. The van der Waals surface area contributed by atoms with E-state index in [0.717, 1.165) is 36.1 Å². The fourth-order valence-electron chi connectivity index (χ4n) is 3.65. The molecule has 1 N–H and O–H groups in total. The molecular formula is C24H26N2O5S. The van der Waals surface area contributed by atoms with Crippen LogP contribution >= 0.6 is 11.3 Å². The predicted molar refractivity (Wildman–Crippen MR) is 123 cm³/mol. The van der Waals surface area contributed by atoms with E-state index in [4.69, 9.17) is 14.2 Å². The molecule has 0 fully saturated rings. The van der Waals surface area contributed by atoms with E-state index in [1.165, 1.54) is 24.5 Å². The first kappa shape index (κ1) is 23.4. The average molecular weight is 455 g/mol. The van der Waals surface area contributed by atoms with Gasteiger partial charge in [0.2, 0.25) is 0 Å². The third-order valence-corrected chi connectivity index (χ3v) is 6.27. The Hall–Kier alpha value is -3.31. The maximum Gasteiger partial charge on any atom is 0.341 e. The number of benzene rings is 1. The zero-order chi connectivity index (χ0) is 23.1. The molecule has 1 aliphatic carbocycles. The molecule has 1 amide bonds. The molecule has 1 heterocycles. The number of methoxy groups -OCH3 is 1. The van der Waals surface area contributed by atoms with Crippen LogP contribution in [-0.4, -0.2) is 32.2 Å². The van der Waals surface area contributed by atoms with Crippen LogP contribution in [0.5, 0.6) is 11.5 Å². The highest BCUT2D eigenvalue weighted by atomic mass is 32.1. The number of hydrogen-bond donors (Lipinski definition) is 1. The van der Waals surface area contributed by atoms with E-state index < -0.39 is 11.9 Å². The quantitative estimate of drug-likeness (QED) is 0.351. The van der Waals surface area contributed by atoms with Crippen molar-refractivity contribution in [2.45, 2.75) is 39.5 Å². The highest BCUT2D eigenvalue weighted by Gasteiger charge is 2.28. The second kappa shape index (κ2) is 10.8. The summed E-state index contributed by atoms with van der Waals surface area (Å²) >= 11 is 1.38. The van der Waals surface area contributed by atoms with Gasteiger partial charge in [-0.3, -0.25) is 4.79 Å². The Balaban J connectivity index is 1.95. The monoisotopic (exact) mass is 454 g/mol. The van der Waals surface area contributed by atoms with Gasteiger partial charge < -0.3 is 19.5 Å². The minimum atomic E-state index is -0.595. The van der Waals surface area contributed by atoms with Crippen LogP contribution in [0.3, 0.4) is 0 Å². The van der Waals surface area contributed by atoms with Crippen molar-refractivity contribution in [1.82, 2.24) is 0 Å². The number of nitrogens with one attached hydrogen (secondary N) is 1. The number of thiophene rings is 1. The Labute approximate surface area is 191 Å². The number of esters is 1. The fourth-order valence-corrected chi connectivity index (χ4v) is 4.93. The topological polar surface area (TPSA) is 97.7 Å². The number of nitrogens with zero attached hydrogens (tertiary/aromatic N) is 1. The number of para-hydroxylation sites is 1. The highest BCUT2D eigenvalue weighted by Crippen LogP contribution is 2.39. The van der Waals surface area contributed by atoms with Crippen LogP contribution in [0.4, 0.5) is 5.00 Å². The predicted octanol–water partition coefficient (Wildman–Crippen LogP) is 4.76. The van der Waals surface area contributed by atoms with Gasteiger partial charge in [0.1, 0.15) is 16.6 Å². The summed E-state index contributed by atoms with van der Waals surface area (Å²) in [5.41, 5.74) is 1.80. The number of carbonyl (C=O) groups is 2. The molecule has 0 aliphatic heterocycles. The van der Waals surface area contributed by atoms with Gasteiger partial charge in [-0.2, -0.15) is 5.26 Å². The lowest BCUT2D eigenvalue weighted by molar-refractivity contribution is -0.112. The van der Waals surface area contributed by atoms with Crippen molar-refractivity contribution in [3.8, 4) is 17.6 Å². The van der Waals surface area contributed by atoms with E-state index in [1.807, 2.05) is 13.0 Å². The number of rotatable bonds is 8. The van der Waals surface area contributed by atoms with Crippen molar-refractivity contribution in [2.75, 3.05) is 25.6 Å². The van der Waals surface area contributed by atoms with Crippen LogP contribution in [-0.2, 0) is 22.4 Å². The molecule has 2 aromatic rings. The molecule has 0 atom stereocenters. The lowest BCUT2D eigenvalue weighted by atomic mass is 9.95. The highest BCUT2D eigenvalue weighted by molar-refractivity contribution is 7.17. The summed E-state index contributed by atoms with van der Waals surface area (Å²) < 4.78 is 16.2. The maximum absolute atomic E-state index is 13.0. The third-order valence-electron chi connectivity index (χ3n) is 5.06. The van der Waals surface area contributed by atoms with E-state index in [-0.39, 0.29) is 12.2 Å². The molecule has 0 unspecified atom stereocenters. The molecule has 0 saturated heterocycles. The summed E-state index contributed by atoms with van der Waals surface area (Å²) in [6.07, 6.45) is 5.13. The van der Waals surface area contributed by atoms with E-state index in [1.54, 1.807) is 25.1 Å². The molecule has 8 heteroatoms. The van der Waals surface area contributed by atoms with Crippen molar-refractivity contribution in [3.63, 3.8) is 0 Å². The van der Waals surface area contributed by atoms with Crippen molar-refractivity contribution < 1.29 is 23.8 Å². The van der Waals surface area contributed by atoms with Crippen molar-refractivity contribution in [1.29, 1.82) is 5.26 Å². The minimum absolute atomic E-state index is 0.111. The minimum Gasteiger partial charge on any atom is -0.493 e. The number of nitriles is 1. The smallest absolute Gasteiger partial charge is 0.341 e. The Morgan fingerprint density at radius 2 is 2.00 bits per heavy atom. The number of anilines is 1. The van der Waals surface area contributed by atoms with E-state index in [2.05, 4.69) is 5.32 Å². The van der Waals surface area contributed by atoms with Gasteiger partial charge in [-0.25, -0.2) is 4.79 Å². The first-order chi connectivity index (χ1) is 15.5. The van der Waals surface area contributed by atoms with Crippen molar-refractivity contribution in [3.05, 3.63) is 45.3 Å². The number of carbonyl (C=O) groups excluding carboxylic acids is 2. The van der Waals surface area contributed by atoms with Gasteiger partial charge in [0.15, 0.2) is 11.5 Å². The van der Waals surface area contributed by atoms with E-state index >= 15 is 0 Å². The number of fused-ring (bicyclic) bond motifs is 1. The molecule has 1 aromatic carbocycles. The summed E-state index contributed by atoms with van der Waals surface area (Å²) in [6.45, 7) is 4.23. The SMILES string of the molecule is CCOC(=O)c1c(NC(=O)/C(C#N)=C/c2cccc(OC)c2OCC)sc2c1CCCC2. The van der Waals surface area contributed by atoms with Gasteiger partial charge in [0.05, 0.1) is 25.9 Å². The van der Waals surface area contributed by atoms with E-state index in [0.29, 0.717) is 34.2 Å². The summed E-state index contributed by atoms with van der Waals surface area (Å²) in [4.78, 5) is 26.7. The van der Waals surface area contributed by atoms with Crippen LogP contribution in [0, 0.1) is 11.3 Å². The summed E-state index contributed by atoms with van der Waals surface area (Å²) in [7, 11) is 1.53. The molecule has 0 radical (unpaired) electrons. The summed E-state index contributed by atoms with van der Waals surface area (Å²) in [6, 6.07) is 7.20. The lowest BCUT2D eigenvalue weighted by Gasteiger charge is -2.13. The van der Waals surface area contributed by atoms with Crippen LogP contribution in [0.1, 0.15) is 53.1 Å². The molecule has 0 saturated carbocycles. The van der Waals surface area contributed by atoms with Crippen LogP contribution in [0.25, 0.3) is 6.08 Å². The molecule has 0 spiro atoms. The number of amides is 1.